The van der Waals surface area contributed by atoms with E-state index in [0.717, 1.165) is 17.8 Å². The van der Waals surface area contributed by atoms with E-state index in [-0.39, 0.29) is 18.0 Å². The highest BCUT2D eigenvalue weighted by Crippen LogP contribution is 2.46. The number of amides is 1. The average Bonchev–Trinajstić information content (AvgIpc) is 3.38. The topological polar surface area (TPSA) is 53.7 Å². The fraction of sp³-hybridized carbons (Fsp3) is 0.227. The first-order chi connectivity index (χ1) is 13.7. The molecule has 3 heterocycles. The second kappa shape index (κ2) is 5.55. The highest BCUT2D eigenvalue weighted by atomic mass is 16.2. The molecule has 0 unspecified atom stereocenters. The number of rotatable bonds is 2. The molecule has 28 heavy (non-hydrogen) atoms. The minimum atomic E-state index is -0.0494. The molecular weight excluding hydrogens is 350 g/mol. The third-order valence-corrected chi connectivity index (χ3v) is 5.99. The zero-order valence-corrected chi connectivity index (χ0v) is 15.5. The van der Waals surface area contributed by atoms with Gasteiger partial charge in [-0.1, -0.05) is 54.6 Å². The smallest absolute Gasteiger partial charge is 0.280 e. The van der Waals surface area contributed by atoms with Crippen LogP contribution in [0.15, 0.2) is 65.9 Å². The SMILES string of the molecule is CN1C(=O)c2c(ncn2Cc2ccccc2)N2C1=N[C@@H]1Cc3ccccc3[C@@H]12. The van der Waals surface area contributed by atoms with Crippen molar-refractivity contribution in [2.75, 3.05) is 11.9 Å². The van der Waals surface area contributed by atoms with Crippen LogP contribution in [0.5, 0.6) is 0 Å². The van der Waals surface area contributed by atoms with Crippen LogP contribution in [0.1, 0.15) is 33.2 Å². The lowest BCUT2D eigenvalue weighted by atomic mass is 10.1. The number of guanidine groups is 1. The van der Waals surface area contributed by atoms with E-state index >= 15 is 0 Å². The highest BCUT2D eigenvalue weighted by molar-refractivity contribution is 6.18. The second-order valence-electron chi connectivity index (χ2n) is 7.61. The van der Waals surface area contributed by atoms with Crippen LogP contribution in [0.4, 0.5) is 5.82 Å². The molecule has 1 amide bonds. The molecule has 1 aromatic heterocycles. The zero-order valence-electron chi connectivity index (χ0n) is 15.5. The first-order valence-electron chi connectivity index (χ1n) is 9.54. The van der Waals surface area contributed by atoms with Gasteiger partial charge in [0, 0.05) is 13.6 Å². The van der Waals surface area contributed by atoms with Crippen LogP contribution in [-0.2, 0) is 13.0 Å². The summed E-state index contributed by atoms with van der Waals surface area (Å²) in [4.78, 5) is 26.6. The lowest BCUT2D eigenvalue weighted by molar-refractivity contribution is 0.0855. The normalized spacial score (nSPS) is 21.9. The summed E-state index contributed by atoms with van der Waals surface area (Å²) in [7, 11) is 1.81. The predicted molar refractivity (Wildman–Crippen MR) is 106 cm³/mol. The van der Waals surface area contributed by atoms with Crippen LogP contribution in [-0.4, -0.2) is 39.4 Å². The van der Waals surface area contributed by atoms with Crippen molar-refractivity contribution in [2.45, 2.75) is 25.0 Å². The Hall–Kier alpha value is -3.41. The second-order valence-corrected chi connectivity index (χ2v) is 7.61. The van der Waals surface area contributed by atoms with Gasteiger partial charge in [0.15, 0.2) is 11.5 Å². The number of aromatic nitrogens is 2. The van der Waals surface area contributed by atoms with Gasteiger partial charge in [-0.2, -0.15) is 0 Å². The molecule has 1 aliphatic carbocycles. The van der Waals surface area contributed by atoms with Gasteiger partial charge in [0.2, 0.25) is 5.96 Å². The van der Waals surface area contributed by atoms with Gasteiger partial charge in [-0.15, -0.1) is 0 Å². The Balaban J connectivity index is 1.47. The molecule has 6 nitrogen and oxygen atoms in total. The average molecular weight is 369 g/mol. The summed E-state index contributed by atoms with van der Waals surface area (Å²) in [5.41, 5.74) is 4.40. The summed E-state index contributed by atoms with van der Waals surface area (Å²) >= 11 is 0. The van der Waals surface area contributed by atoms with E-state index in [1.165, 1.54) is 11.1 Å². The number of fused-ring (bicyclic) bond motifs is 7. The summed E-state index contributed by atoms with van der Waals surface area (Å²) in [5.74, 6) is 1.39. The molecule has 3 aromatic rings. The fourth-order valence-electron chi connectivity index (χ4n) is 4.71. The van der Waals surface area contributed by atoms with Gasteiger partial charge in [0.25, 0.3) is 5.91 Å². The van der Waals surface area contributed by atoms with E-state index in [2.05, 4.69) is 46.3 Å². The quantitative estimate of drug-likeness (QED) is 0.698. The van der Waals surface area contributed by atoms with E-state index < -0.39 is 0 Å². The van der Waals surface area contributed by atoms with Crippen LogP contribution < -0.4 is 4.90 Å². The Morgan fingerprint density at radius 2 is 1.86 bits per heavy atom. The maximum atomic E-state index is 13.2. The largest absolute Gasteiger partial charge is 0.320 e. The van der Waals surface area contributed by atoms with Crippen molar-refractivity contribution in [1.82, 2.24) is 14.5 Å². The van der Waals surface area contributed by atoms with Crippen molar-refractivity contribution >= 4 is 17.7 Å². The van der Waals surface area contributed by atoms with Gasteiger partial charge in [0.05, 0.1) is 18.4 Å². The van der Waals surface area contributed by atoms with Crippen molar-refractivity contribution in [3.63, 3.8) is 0 Å². The molecule has 2 atom stereocenters. The number of imidazole rings is 1. The van der Waals surface area contributed by atoms with Crippen molar-refractivity contribution in [3.05, 3.63) is 83.3 Å². The minimum Gasteiger partial charge on any atom is -0.320 e. The monoisotopic (exact) mass is 369 g/mol. The Bertz CT molecular complexity index is 1130. The van der Waals surface area contributed by atoms with Crippen LogP contribution >= 0.6 is 0 Å². The molecule has 138 valence electrons. The fourth-order valence-corrected chi connectivity index (χ4v) is 4.71. The molecule has 0 fully saturated rings. The number of hydrogen-bond donors (Lipinski definition) is 0. The van der Waals surface area contributed by atoms with Crippen LogP contribution in [0.25, 0.3) is 0 Å². The van der Waals surface area contributed by atoms with Crippen molar-refractivity contribution in [3.8, 4) is 0 Å². The van der Waals surface area contributed by atoms with Crippen LogP contribution in [0.2, 0.25) is 0 Å². The molecule has 0 N–H and O–H groups in total. The molecule has 0 spiro atoms. The summed E-state index contributed by atoms with van der Waals surface area (Å²) in [6.45, 7) is 0.619. The van der Waals surface area contributed by atoms with E-state index in [9.17, 15) is 4.79 Å². The number of carbonyl (C=O) groups excluding carboxylic acids is 1. The van der Waals surface area contributed by atoms with Gasteiger partial charge >= 0.3 is 0 Å². The third-order valence-electron chi connectivity index (χ3n) is 5.99. The van der Waals surface area contributed by atoms with Crippen molar-refractivity contribution in [2.24, 2.45) is 4.99 Å². The molecule has 6 rings (SSSR count). The zero-order chi connectivity index (χ0) is 18.8. The lowest BCUT2D eigenvalue weighted by Gasteiger charge is -2.34. The van der Waals surface area contributed by atoms with E-state index in [4.69, 9.17) is 4.99 Å². The predicted octanol–water partition coefficient (Wildman–Crippen LogP) is 2.86. The summed E-state index contributed by atoms with van der Waals surface area (Å²) in [5, 5.41) is 0. The Morgan fingerprint density at radius 3 is 2.71 bits per heavy atom. The Labute approximate surface area is 162 Å². The number of anilines is 1. The van der Waals surface area contributed by atoms with E-state index in [1.54, 1.807) is 11.2 Å². The molecule has 2 aromatic carbocycles. The standard InChI is InChI=1S/C22H19N5O/c1-25-21(28)19-20(23-13-26(19)12-14-7-3-2-4-8-14)27-18-16-10-6-5-9-15(16)11-17(18)24-22(25)27/h2-10,13,17-18H,11-12H2,1H3/t17-,18+/m1/s1. The molecular formula is C22H19N5O. The third kappa shape index (κ3) is 2.00. The first kappa shape index (κ1) is 15.6. The number of nitrogens with zero attached hydrogens (tertiary/aromatic N) is 5. The maximum absolute atomic E-state index is 13.2. The summed E-state index contributed by atoms with van der Waals surface area (Å²) in [6, 6.07) is 18.9. The van der Waals surface area contributed by atoms with Crippen LogP contribution in [0, 0.1) is 0 Å². The van der Waals surface area contributed by atoms with Gasteiger partial charge in [-0.3, -0.25) is 14.6 Å². The number of benzene rings is 2. The molecule has 0 saturated heterocycles. The molecule has 3 aliphatic rings. The molecule has 0 bridgehead atoms. The summed E-state index contributed by atoms with van der Waals surface area (Å²) < 4.78 is 1.95. The van der Waals surface area contributed by atoms with Gasteiger partial charge < -0.3 is 4.57 Å². The molecule has 2 aliphatic heterocycles. The molecule has 0 radical (unpaired) electrons. The van der Waals surface area contributed by atoms with E-state index in [0.29, 0.717) is 18.2 Å². The Morgan fingerprint density at radius 1 is 1.07 bits per heavy atom. The van der Waals surface area contributed by atoms with Crippen LogP contribution in [0.3, 0.4) is 0 Å². The molecule has 6 heteroatoms. The number of hydrogen-bond acceptors (Lipinski definition) is 4. The Kier molecular flexibility index (Phi) is 3.10. The first-order valence-corrected chi connectivity index (χ1v) is 9.54. The minimum absolute atomic E-state index is 0.0494. The van der Waals surface area contributed by atoms with Gasteiger partial charge in [-0.05, 0) is 23.1 Å². The lowest BCUT2D eigenvalue weighted by Crippen LogP contribution is -2.49. The highest BCUT2D eigenvalue weighted by Gasteiger charge is 2.50. The van der Waals surface area contributed by atoms with Gasteiger partial charge in [0.1, 0.15) is 0 Å². The van der Waals surface area contributed by atoms with Crippen molar-refractivity contribution < 1.29 is 4.79 Å². The molecule has 0 saturated carbocycles. The van der Waals surface area contributed by atoms with E-state index in [1.807, 2.05) is 29.8 Å². The maximum Gasteiger partial charge on any atom is 0.280 e. The number of aliphatic imine (C=N–C) groups is 1. The summed E-state index contributed by atoms with van der Waals surface area (Å²) in [6.07, 6.45) is 2.68. The van der Waals surface area contributed by atoms with Crippen molar-refractivity contribution in [1.29, 1.82) is 0 Å². The number of carbonyl (C=O) groups is 1. The van der Waals surface area contributed by atoms with Gasteiger partial charge in [-0.25, -0.2) is 9.98 Å².